The summed E-state index contributed by atoms with van der Waals surface area (Å²) in [5.41, 5.74) is 0. The van der Waals surface area contributed by atoms with E-state index in [1.165, 1.54) is 25.7 Å². The van der Waals surface area contributed by atoms with Gasteiger partial charge in [0.05, 0.1) is 6.54 Å². The molecule has 1 saturated heterocycles. The fourth-order valence-electron chi connectivity index (χ4n) is 2.07. The van der Waals surface area contributed by atoms with Crippen molar-refractivity contribution in [3.63, 3.8) is 0 Å². The Hall–Kier alpha value is -1.10. The topological polar surface area (TPSA) is 54.2 Å². The van der Waals surface area contributed by atoms with E-state index in [1.807, 2.05) is 0 Å². The molecule has 5 heteroatoms. The molecule has 16 heavy (non-hydrogen) atoms. The van der Waals surface area contributed by atoms with E-state index in [9.17, 15) is 0 Å². The fraction of sp³-hybridized carbons (Fsp3) is 0.818. The third-order valence-electron chi connectivity index (χ3n) is 3.25. The lowest BCUT2D eigenvalue weighted by Crippen LogP contribution is -2.19. The van der Waals surface area contributed by atoms with Crippen molar-refractivity contribution < 1.29 is 4.52 Å². The van der Waals surface area contributed by atoms with Gasteiger partial charge in [-0.1, -0.05) is 0 Å². The maximum atomic E-state index is 5.21. The van der Waals surface area contributed by atoms with Crippen LogP contribution in [-0.4, -0.2) is 29.8 Å². The van der Waals surface area contributed by atoms with Crippen molar-refractivity contribution in [1.82, 2.24) is 15.5 Å². The molecule has 0 spiro atoms. The van der Waals surface area contributed by atoms with Crippen molar-refractivity contribution in [2.45, 2.75) is 32.2 Å². The lowest BCUT2D eigenvalue weighted by atomic mass is 10.4. The zero-order valence-electron chi connectivity index (χ0n) is 9.48. The zero-order chi connectivity index (χ0) is 10.8. The summed E-state index contributed by atoms with van der Waals surface area (Å²) in [5, 5.41) is 7.36. The van der Waals surface area contributed by atoms with Gasteiger partial charge in [0, 0.05) is 13.1 Å². The Kier molecular flexibility index (Phi) is 2.78. The molecule has 3 rings (SSSR count). The van der Waals surface area contributed by atoms with E-state index in [-0.39, 0.29) is 0 Å². The van der Waals surface area contributed by atoms with Gasteiger partial charge in [-0.15, -0.1) is 0 Å². The molecule has 88 valence electrons. The Balaban J connectivity index is 1.50. The van der Waals surface area contributed by atoms with Crippen LogP contribution in [0.1, 0.15) is 31.6 Å². The van der Waals surface area contributed by atoms with Gasteiger partial charge >= 0.3 is 0 Å². The van der Waals surface area contributed by atoms with E-state index >= 15 is 0 Å². The van der Waals surface area contributed by atoms with Crippen molar-refractivity contribution in [2.24, 2.45) is 5.92 Å². The number of rotatable bonds is 5. The minimum atomic E-state index is 0.706. The third-order valence-corrected chi connectivity index (χ3v) is 3.25. The SMILES string of the molecule is C1CCN(c2noc(CNCC3CC3)n2)C1. The minimum absolute atomic E-state index is 0.706. The number of hydrogen-bond donors (Lipinski definition) is 1. The van der Waals surface area contributed by atoms with Gasteiger partial charge in [0.1, 0.15) is 0 Å². The zero-order valence-corrected chi connectivity index (χ0v) is 9.48. The Morgan fingerprint density at radius 3 is 2.88 bits per heavy atom. The molecular formula is C11H18N4O. The molecule has 2 aliphatic rings. The van der Waals surface area contributed by atoms with Crippen molar-refractivity contribution in [3.05, 3.63) is 5.89 Å². The predicted octanol–water partition coefficient (Wildman–Crippen LogP) is 1.17. The summed E-state index contributed by atoms with van der Waals surface area (Å²) in [6.45, 7) is 3.92. The molecule has 1 saturated carbocycles. The minimum Gasteiger partial charge on any atom is -0.338 e. The molecule has 1 N–H and O–H groups in total. The Bertz CT molecular complexity index is 342. The van der Waals surface area contributed by atoms with Crippen LogP contribution in [0, 0.1) is 5.92 Å². The van der Waals surface area contributed by atoms with Gasteiger partial charge in [-0.25, -0.2) is 0 Å². The molecule has 2 heterocycles. The van der Waals surface area contributed by atoms with E-state index in [2.05, 4.69) is 20.4 Å². The molecule has 1 aromatic heterocycles. The predicted molar refractivity (Wildman–Crippen MR) is 60.2 cm³/mol. The number of nitrogens with one attached hydrogen (secondary N) is 1. The smallest absolute Gasteiger partial charge is 0.266 e. The van der Waals surface area contributed by atoms with Crippen LogP contribution in [0.4, 0.5) is 5.95 Å². The third kappa shape index (κ3) is 2.35. The Morgan fingerprint density at radius 2 is 2.12 bits per heavy atom. The van der Waals surface area contributed by atoms with Crippen LogP contribution in [0.2, 0.25) is 0 Å². The molecule has 0 radical (unpaired) electrons. The molecule has 2 fully saturated rings. The Labute approximate surface area is 95.2 Å². The van der Waals surface area contributed by atoms with Gasteiger partial charge in [-0.05, 0) is 43.3 Å². The number of anilines is 1. The van der Waals surface area contributed by atoms with Crippen LogP contribution < -0.4 is 10.2 Å². The molecule has 0 atom stereocenters. The molecule has 1 aliphatic heterocycles. The standard InChI is InChI=1S/C11H18N4O/c1-2-6-15(5-1)11-13-10(16-14-11)8-12-7-9-3-4-9/h9,12H,1-8H2. The highest BCUT2D eigenvalue weighted by Crippen LogP contribution is 2.27. The van der Waals surface area contributed by atoms with Crippen molar-refractivity contribution in [2.75, 3.05) is 24.5 Å². The second-order valence-corrected chi connectivity index (χ2v) is 4.76. The summed E-state index contributed by atoms with van der Waals surface area (Å²) in [4.78, 5) is 6.58. The van der Waals surface area contributed by atoms with Crippen LogP contribution in [0.25, 0.3) is 0 Å². The summed E-state index contributed by atoms with van der Waals surface area (Å²) in [6.07, 6.45) is 5.22. The highest BCUT2D eigenvalue weighted by atomic mass is 16.5. The lowest BCUT2D eigenvalue weighted by Gasteiger charge is -2.09. The van der Waals surface area contributed by atoms with Gasteiger partial charge in [-0.3, -0.25) is 0 Å². The fourth-order valence-corrected chi connectivity index (χ4v) is 2.07. The summed E-state index contributed by atoms with van der Waals surface area (Å²) >= 11 is 0. The Morgan fingerprint density at radius 1 is 1.31 bits per heavy atom. The quantitative estimate of drug-likeness (QED) is 0.810. The number of aromatic nitrogens is 2. The second-order valence-electron chi connectivity index (χ2n) is 4.76. The molecule has 0 unspecified atom stereocenters. The van der Waals surface area contributed by atoms with Crippen LogP contribution in [-0.2, 0) is 6.54 Å². The van der Waals surface area contributed by atoms with E-state index in [4.69, 9.17) is 4.52 Å². The van der Waals surface area contributed by atoms with Gasteiger partial charge < -0.3 is 14.7 Å². The number of hydrogen-bond acceptors (Lipinski definition) is 5. The molecule has 0 aromatic carbocycles. The first-order valence-electron chi connectivity index (χ1n) is 6.20. The highest BCUT2D eigenvalue weighted by Gasteiger charge is 2.21. The molecule has 1 aliphatic carbocycles. The first-order chi connectivity index (χ1) is 7.92. The lowest BCUT2D eigenvalue weighted by molar-refractivity contribution is 0.366. The second kappa shape index (κ2) is 4.41. The number of nitrogens with zero attached hydrogens (tertiary/aromatic N) is 3. The average Bonchev–Trinajstić information content (AvgIpc) is 2.83. The van der Waals surface area contributed by atoms with E-state index in [1.54, 1.807) is 0 Å². The van der Waals surface area contributed by atoms with Crippen LogP contribution in [0.5, 0.6) is 0 Å². The van der Waals surface area contributed by atoms with E-state index < -0.39 is 0 Å². The van der Waals surface area contributed by atoms with Crippen LogP contribution in [0.3, 0.4) is 0 Å². The highest BCUT2D eigenvalue weighted by molar-refractivity contribution is 5.28. The molecular weight excluding hydrogens is 204 g/mol. The van der Waals surface area contributed by atoms with Crippen molar-refractivity contribution in [3.8, 4) is 0 Å². The summed E-state index contributed by atoms with van der Waals surface area (Å²) in [7, 11) is 0. The molecule has 1 aromatic rings. The van der Waals surface area contributed by atoms with Gasteiger partial charge in [-0.2, -0.15) is 4.98 Å². The molecule has 0 bridgehead atoms. The first-order valence-corrected chi connectivity index (χ1v) is 6.20. The van der Waals surface area contributed by atoms with Gasteiger partial charge in [0.25, 0.3) is 5.95 Å². The summed E-state index contributed by atoms with van der Waals surface area (Å²) < 4.78 is 5.21. The average molecular weight is 222 g/mol. The summed E-state index contributed by atoms with van der Waals surface area (Å²) in [6, 6.07) is 0. The van der Waals surface area contributed by atoms with Crippen molar-refractivity contribution >= 4 is 5.95 Å². The van der Waals surface area contributed by atoms with Crippen LogP contribution in [0.15, 0.2) is 4.52 Å². The monoisotopic (exact) mass is 222 g/mol. The van der Waals surface area contributed by atoms with Crippen molar-refractivity contribution in [1.29, 1.82) is 0 Å². The normalized spacial score (nSPS) is 20.6. The first kappa shape index (κ1) is 10.1. The largest absolute Gasteiger partial charge is 0.338 e. The maximum Gasteiger partial charge on any atom is 0.266 e. The maximum absolute atomic E-state index is 5.21. The van der Waals surface area contributed by atoms with E-state index in [0.717, 1.165) is 31.5 Å². The molecule has 0 amide bonds. The van der Waals surface area contributed by atoms with Gasteiger partial charge in [0.2, 0.25) is 5.89 Å². The summed E-state index contributed by atoms with van der Waals surface area (Å²) in [5.74, 6) is 2.37. The van der Waals surface area contributed by atoms with E-state index in [0.29, 0.717) is 12.4 Å². The van der Waals surface area contributed by atoms with Crippen LogP contribution >= 0.6 is 0 Å². The van der Waals surface area contributed by atoms with Gasteiger partial charge in [0.15, 0.2) is 0 Å². The molecule has 5 nitrogen and oxygen atoms in total.